The van der Waals surface area contributed by atoms with Crippen LogP contribution in [0.3, 0.4) is 0 Å². The van der Waals surface area contributed by atoms with Crippen molar-refractivity contribution in [2.75, 3.05) is 13.1 Å². The van der Waals surface area contributed by atoms with Gasteiger partial charge in [-0.1, -0.05) is 29.8 Å². The van der Waals surface area contributed by atoms with E-state index in [0.717, 1.165) is 24.0 Å². The van der Waals surface area contributed by atoms with E-state index in [1.54, 1.807) is 22.9 Å². The summed E-state index contributed by atoms with van der Waals surface area (Å²) >= 11 is 0. The lowest BCUT2D eigenvalue weighted by Gasteiger charge is -2.30. The third-order valence-corrected chi connectivity index (χ3v) is 5.80. The van der Waals surface area contributed by atoms with E-state index in [1.165, 1.54) is 5.41 Å². The second kappa shape index (κ2) is 6.68. The Morgan fingerprint density at radius 2 is 1.87 bits per heavy atom. The van der Waals surface area contributed by atoms with Crippen molar-refractivity contribution >= 4 is 16.1 Å². The van der Waals surface area contributed by atoms with E-state index in [9.17, 15) is 8.42 Å². The summed E-state index contributed by atoms with van der Waals surface area (Å²) in [6.07, 6.45) is 8.78. The molecule has 2 heterocycles. The summed E-state index contributed by atoms with van der Waals surface area (Å²) in [5.74, 6) is 0. The fourth-order valence-electron chi connectivity index (χ4n) is 2.81. The molecule has 0 radical (unpaired) electrons. The van der Waals surface area contributed by atoms with Gasteiger partial charge in [-0.3, -0.25) is 0 Å². The quantitative estimate of drug-likeness (QED) is 0.865. The van der Waals surface area contributed by atoms with Crippen molar-refractivity contribution in [1.29, 1.82) is 0 Å². The second-order valence-corrected chi connectivity index (χ2v) is 7.72. The molecule has 23 heavy (non-hydrogen) atoms. The summed E-state index contributed by atoms with van der Waals surface area (Å²) in [4.78, 5) is 4.05. The van der Waals surface area contributed by atoms with E-state index in [0.29, 0.717) is 19.1 Å². The molecule has 1 saturated heterocycles. The molecule has 1 aliphatic rings. The molecule has 5 nitrogen and oxygen atoms in total. The van der Waals surface area contributed by atoms with Crippen LogP contribution in [0.15, 0.2) is 48.4 Å². The highest BCUT2D eigenvalue weighted by Crippen LogP contribution is 2.24. The molecule has 0 unspecified atom stereocenters. The molecule has 0 amide bonds. The summed E-state index contributed by atoms with van der Waals surface area (Å²) < 4.78 is 28.5. The van der Waals surface area contributed by atoms with Gasteiger partial charge in [-0.15, -0.1) is 0 Å². The molecule has 0 aliphatic carbocycles. The Kier molecular flexibility index (Phi) is 4.63. The average Bonchev–Trinajstić information content (AvgIpc) is 3.09. The number of rotatable bonds is 4. The van der Waals surface area contributed by atoms with Gasteiger partial charge in [0.25, 0.3) is 0 Å². The first-order chi connectivity index (χ1) is 11.0. The van der Waals surface area contributed by atoms with Gasteiger partial charge in [0.2, 0.25) is 10.0 Å². The SMILES string of the molecule is Cc1ccc(/C=C\S(=O)(=O)N2CCC(n3ccnc3)CC2)cc1. The zero-order valence-corrected chi connectivity index (χ0v) is 14.0. The largest absolute Gasteiger partial charge is 0.334 e. The van der Waals surface area contributed by atoms with Gasteiger partial charge in [0, 0.05) is 36.9 Å². The molecule has 6 heteroatoms. The van der Waals surface area contributed by atoms with E-state index in [2.05, 4.69) is 9.55 Å². The van der Waals surface area contributed by atoms with Crippen LogP contribution in [-0.4, -0.2) is 35.4 Å². The van der Waals surface area contributed by atoms with Crippen LogP contribution in [0.4, 0.5) is 0 Å². The topological polar surface area (TPSA) is 55.2 Å². The highest BCUT2D eigenvalue weighted by Gasteiger charge is 2.26. The Labute approximate surface area is 137 Å². The predicted molar refractivity (Wildman–Crippen MR) is 91.2 cm³/mol. The second-order valence-electron chi connectivity index (χ2n) is 5.90. The monoisotopic (exact) mass is 331 g/mol. The van der Waals surface area contributed by atoms with Gasteiger partial charge in [0.15, 0.2) is 0 Å². The molecule has 1 aromatic carbocycles. The van der Waals surface area contributed by atoms with Crippen LogP contribution in [-0.2, 0) is 10.0 Å². The maximum absolute atomic E-state index is 12.4. The van der Waals surface area contributed by atoms with Crippen molar-refractivity contribution in [3.05, 3.63) is 59.5 Å². The van der Waals surface area contributed by atoms with Crippen molar-refractivity contribution in [2.24, 2.45) is 0 Å². The van der Waals surface area contributed by atoms with Gasteiger partial charge < -0.3 is 4.57 Å². The van der Waals surface area contributed by atoms with Gasteiger partial charge in [0.05, 0.1) is 6.33 Å². The third kappa shape index (κ3) is 3.89. The molecular weight excluding hydrogens is 310 g/mol. The summed E-state index contributed by atoms with van der Waals surface area (Å²) in [5.41, 5.74) is 2.05. The number of sulfonamides is 1. The van der Waals surface area contributed by atoms with Gasteiger partial charge in [-0.05, 0) is 31.4 Å². The van der Waals surface area contributed by atoms with Crippen LogP contribution < -0.4 is 0 Å². The van der Waals surface area contributed by atoms with Gasteiger partial charge in [-0.2, -0.15) is 4.31 Å². The number of imidazole rings is 1. The summed E-state index contributed by atoms with van der Waals surface area (Å²) in [7, 11) is -3.36. The number of hydrogen-bond donors (Lipinski definition) is 0. The van der Waals surface area contributed by atoms with Gasteiger partial charge in [-0.25, -0.2) is 13.4 Å². The van der Waals surface area contributed by atoms with Crippen molar-refractivity contribution in [3.8, 4) is 0 Å². The number of nitrogens with zero attached hydrogens (tertiary/aromatic N) is 3. The number of hydrogen-bond acceptors (Lipinski definition) is 3. The van der Waals surface area contributed by atoms with Gasteiger partial charge in [0.1, 0.15) is 0 Å². The molecule has 0 bridgehead atoms. The maximum Gasteiger partial charge on any atom is 0.236 e. The number of aryl methyl sites for hydroxylation is 1. The van der Waals surface area contributed by atoms with E-state index >= 15 is 0 Å². The minimum atomic E-state index is -3.36. The fraction of sp³-hybridized carbons (Fsp3) is 0.353. The normalized spacial score (nSPS) is 17.8. The van der Waals surface area contributed by atoms with Crippen LogP contribution >= 0.6 is 0 Å². The van der Waals surface area contributed by atoms with Crippen LogP contribution in [0.25, 0.3) is 6.08 Å². The molecule has 0 saturated carbocycles. The lowest BCUT2D eigenvalue weighted by molar-refractivity contribution is 0.276. The molecule has 3 rings (SSSR count). The van der Waals surface area contributed by atoms with Crippen LogP contribution in [0, 0.1) is 6.92 Å². The lowest BCUT2D eigenvalue weighted by Crippen LogP contribution is -2.37. The molecule has 2 aromatic rings. The maximum atomic E-state index is 12.4. The molecule has 0 N–H and O–H groups in total. The third-order valence-electron chi connectivity index (χ3n) is 4.24. The minimum absolute atomic E-state index is 0.338. The van der Waals surface area contributed by atoms with Crippen molar-refractivity contribution in [2.45, 2.75) is 25.8 Å². The highest BCUT2D eigenvalue weighted by molar-refractivity contribution is 7.92. The summed E-state index contributed by atoms with van der Waals surface area (Å²) in [6, 6.07) is 8.13. The van der Waals surface area contributed by atoms with Crippen molar-refractivity contribution < 1.29 is 8.42 Å². The average molecular weight is 331 g/mol. The van der Waals surface area contributed by atoms with Crippen LogP contribution in [0.1, 0.15) is 30.0 Å². The van der Waals surface area contributed by atoms with E-state index in [4.69, 9.17) is 0 Å². The molecule has 0 atom stereocenters. The Morgan fingerprint density at radius 1 is 1.17 bits per heavy atom. The Bertz CT molecular complexity index is 757. The molecule has 1 aliphatic heterocycles. The number of aromatic nitrogens is 2. The predicted octanol–water partition coefficient (Wildman–Crippen LogP) is 2.83. The summed E-state index contributed by atoms with van der Waals surface area (Å²) in [5, 5.41) is 1.31. The Balaban J connectivity index is 1.63. The van der Waals surface area contributed by atoms with E-state index < -0.39 is 10.0 Å². The fourth-order valence-corrected chi connectivity index (χ4v) is 4.03. The van der Waals surface area contributed by atoms with E-state index in [-0.39, 0.29) is 0 Å². The summed E-state index contributed by atoms with van der Waals surface area (Å²) in [6.45, 7) is 3.10. The number of benzene rings is 1. The van der Waals surface area contributed by atoms with Crippen molar-refractivity contribution in [3.63, 3.8) is 0 Å². The zero-order chi connectivity index (χ0) is 16.3. The minimum Gasteiger partial charge on any atom is -0.334 e. The standard InChI is InChI=1S/C17H21N3O2S/c1-15-2-4-16(5-3-15)8-13-23(21,22)20-10-6-17(7-11-20)19-12-9-18-14-19/h2-5,8-9,12-14,17H,6-7,10-11H2,1H3/b13-8-. The smallest absolute Gasteiger partial charge is 0.236 e. The van der Waals surface area contributed by atoms with Crippen LogP contribution in [0.5, 0.6) is 0 Å². The molecule has 1 fully saturated rings. The Morgan fingerprint density at radius 3 is 2.48 bits per heavy atom. The Hall–Kier alpha value is -1.92. The molecule has 1 aromatic heterocycles. The van der Waals surface area contributed by atoms with Crippen LogP contribution in [0.2, 0.25) is 0 Å². The molecule has 122 valence electrons. The molecule has 0 spiro atoms. The van der Waals surface area contributed by atoms with Crippen molar-refractivity contribution in [1.82, 2.24) is 13.9 Å². The number of piperidine rings is 1. The zero-order valence-electron chi connectivity index (χ0n) is 13.2. The van der Waals surface area contributed by atoms with E-state index in [1.807, 2.05) is 37.4 Å². The first kappa shape index (κ1) is 16.0. The molecular formula is C17H21N3O2S. The van der Waals surface area contributed by atoms with Gasteiger partial charge >= 0.3 is 0 Å². The first-order valence-corrected chi connectivity index (χ1v) is 9.27. The lowest BCUT2D eigenvalue weighted by atomic mass is 10.1. The highest BCUT2D eigenvalue weighted by atomic mass is 32.2. The first-order valence-electron chi connectivity index (χ1n) is 7.77.